The SMILES string of the molecule is CC1(C)C2CCC1(CS(=O)(=O)O)C(=O)C2.CCN(CC)CC. The number of hydrogen-bond acceptors (Lipinski definition) is 4. The number of hydrogen-bond donors (Lipinski definition) is 1. The van der Waals surface area contributed by atoms with E-state index in [1.807, 2.05) is 13.8 Å². The second kappa shape index (κ2) is 6.97. The van der Waals surface area contributed by atoms with E-state index in [2.05, 4.69) is 25.7 Å². The maximum Gasteiger partial charge on any atom is 0.265 e. The lowest BCUT2D eigenvalue weighted by Gasteiger charge is -2.35. The lowest BCUT2D eigenvalue weighted by molar-refractivity contribution is -0.128. The van der Waals surface area contributed by atoms with Gasteiger partial charge in [-0.25, -0.2) is 0 Å². The van der Waals surface area contributed by atoms with E-state index in [4.69, 9.17) is 4.55 Å². The fourth-order valence-electron chi connectivity index (χ4n) is 4.09. The first-order valence-corrected chi connectivity index (χ1v) is 9.85. The van der Waals surface area contributed by atoms with Gasteiger partial charge >= 0.3 is 0 Å². The van der Waals surface area contributed by atoms with Gasteiger partial charge in [0.15, 0.2) is 0 Å². The van der Waals surface area contributed by atoms with E-state index < -0.39 is 21.3 Å². The molecule has 22 heavy (non-hydrogen) atoms. The first-order valence-electron chi connectivity index (χ1n) is 8.24. The highest BCUT2D eigenvalue weighted by molar-refractivity contribution is 7.85. The molecule has 0 spiro atoms. The van der Waals surface area contributed by atoms with Crippen molar-refractivity contribution in [3.8, 4) is 0 Å². The quantitative estimate of drug-likeness (QED) is 0.783. The molecule has 0 aromatic heterocycles. The molecule has 2 unspecified atom stereocenters. The molecule has 0 radical (unpaired) electrons. The number of fused-ring (bicyclic) bond motifs is 2. The van der Waals surface area contributed by atoms with E-state index in [0.29, 0.717) is 12.8 Å². The topological polar surface area (TPSA) is 74.7 Å². The highest BCUT2D eigenvalue weighted by Gasteiger charge is 2.65. The maximum atomic E-state index is 11.9. The van der Waals surface area contributed by atoms with Crippen LogP contribution in [0.1, 0.15) is 53.9 Å². The fraction of sp³-hybridized carbons (Fsp3) is 0.938. The Morgan fingerprint density at radius 1 is 1.18 bits per heavy atom. The summed E-state index contributed by atoms with van der Waals surface area (Å²) in [6, 6.07) is 0. The van der Waals surface area contributed by atoms with Crippen LogP contribution < -0.4 is 0 Å². The van der Waals surface area contributed by atoms with Crippen molar-refractivity contribution in [2.75, 3.05) is 25.4 Å². The summed E-state index contributed by atoms with van der Waals surface area (Å²) in [6.07, 6.45) is 1.97. The number of rotatable bonds is 5. The largest absolute Gasteiger partial charge is 0.304 e. The number of Topliss-reactive ketones (excluding diaryl/α,β-unsaturated/α-hetero) is 1. The molecule has 130 valence electrons. The normalized spacial score (nSPS) is 29.6. The van der Waals surface area contributed by atoms with Crippen LogP contribution in [0, 0.1) is 16.7 Å². The Kier molecular flexibility index (Phi) is 6.21. The van der Waals surface area contributed by atoms with E-state index in [9.17, 15) is 13.2 Å². The predicted molar refractivity (Wildman–Crippen MR) is 88.4 cm³/mol. The van der Waals surface area contributed by atoms with Gasteiger partial charge in [0.25, 0.3) is 10.1 Å². The molecule has 2 saturated carbocycles. The molecule has 2 bridgehead atoms. The third-order valence-corrected chi connectivity index (χ3v) is 6.77. The minimum Gasteiger partial charge on any atom is -0.304 e. The first kappa shape index (κ1) is 19.6. The zero-order valence-corrected chi connectivity index (χ0v) is 15.4. The van der Waals surface area contributed by atoms with Gasteiger partial charge in [-0.2, -0.15) is 8.42 Å². The second-order valence-corrected chi connectivity index (χ2v) is 8.46. The van der Waals surface area contributed by atoms with E-state index in [1.165, 1.54) is 19.6 Å². The lowest BCUT2D eigenvalue weighted by Crippen LogP contribution is -2.42. The molecule has 0 saturated heterocycles. The van der Waals surface area contributed by atoms with E-state index >= 15 is 0 Å². The van der Waals surface area contributed by atoms with Crippen molar-refractivity contribution in [1.29, 1.82) is 0 Å². The molecule has 2 fully saturated rings. The summed E-state index contributed by atoms with van der Waals surface area (Å²) in [4.78, 5) is 14.3. The van der Waals surface area contributed by atoms with Crippen LogP contribution in [0.3, 0.4) is 0 Å². The van der Waals surface area contributed by atoms with Crippen LogP contribution in [0.15, 0.2) is 0 Å². The fourth-order valence-corrected chi connectivity index (χ4v) is 5.39. The van der Waals surface area contributed by atoms with Crippen LogP contribution in [0.25, 0.3) is 0 Å². The van der Waals surface area contributed by atoms with Crippen molar-refractivity contribution in [2.45, 2.75) is 53.9 Å². The molecule has 0 aromatic carbocycles. The maximum absolute atomic E-state index is 11.9. The van der Waals surface area contributed by atoms with Crippen molar-refractivity contribution >= 4 is 15.9 Å². The van der Waals surface area contributed by atoms with Crippen molar-refractivity contribution in [1.82, 2.24) is 4.90 Å². The Bertz CT molecular complexity index is 491. The Hall–Kier alpha value is -0.460. The van der Waals surface area contributed by atoms with Crippen molar-refractivity contribution in [2.24, 2.45) is 16.7 Å². The Morgan fingerprint density at radius 2 is 1.68 bits per heavy atom. The van der Waals surface area contributed by atoms with Crippen molar-refractivity contribution in [3.05, 3.63) is 0 Å². The molecule has 2 aliphatic carbocycles. The molecule has 0 aliphatic heterocycles. The Balaban J connectivity index is 0.000000295. The molecule has 0 amide bonds. The monoisotopic (exact) mass is 333 g/mol. The van der Waals surface area contributed by atoms with Crippen LogP contribution >= 0.6 is 0 Å². The van der Waals surface area contributed by atoms with Gasteiger partial charge in [-0.05, 0) is 43.8 Å². The van der Waals surface area contributed by atoms with Gasteiger partial charge < -0.3 is 4.90 Å². The van der Waals surface area contributed by atoms with E-state index in [-0.39, 0.29) is 17.1 Å². The molecule has 6 heteroatoms. The minimum atomic E-state index is -4.08. The zero-order valence-electron chi connectivity index (χ0n) is 14.6. The van der Waals surface area contributed by atoms with Gasteiger partial charge in [0.1, 0.15) is 5.78 Å². The van der Waals surface area contributed by atoms with Crippen LogP contribution in [0.5, 0.6) is 0 Å². The van der Waals surface area contributed by atoms with E-state index in [0.717, 1.165) is 6.42 Å². The number of nitrogens with zero attached hydrogens (tertiary/aromatic N) is 1. The predicted octanol–water partition coefficient (Wildman–Crippen LogP) is 2.62. The summed E-state index contributed by atoms with van der Waals surface area (Å²) in [5.41, 5.74) is -1.12. The van der Waals surface area contributed by atoms with Crippen LogP contribution in [-0.4, -0.2) is 49.0 Å². The molecule has 1 N–H and O–H groups in total. The average Bonchev–Trinajstić information content (AvgIpc) is 2.73. The number of carbonyl (C=O) groups is 1. The van der Waals surface area contributed by atoms with Gasteiger partial charge in [0, 0.05) is 6.42 Å². The molecule has 0 aromatic rings. The highest BCUT2D eigenvalue weighted by Crippen LogP contribution is 2.64. The number of carbonyl (C=O) groups excluding carboxylic acids is 1. The lowest BCUT2D eigenvalue weighted by atomic mass is 9.70. The standard InChI is InChI=1S/C10H16O4S.C6H15N/c1-9(2)7-3-4-10(9,8(11)5-7)6-15(12,13)14;1-4-7(5-2)6-3/h7H,3-6H2,1-2H3,(H,12,13,14);4-6H2,1-3H3. The van der Waals surface area contributed by atoms with Crippen LogP contribution in [0.2, 0.25) is 0 Å². The molecule has 5 nitrogen and oxygen atoms in total. The number of ketones is 1. The summed E-state index contributed by atoms with van der Waals surface area (Å²) in [7, 11) is -4.08. The van der Waals surface area contributed by atoms with Crippen molar-refractivity contribution in [3.63, 3.8) is 0 Å². The average molecular weight is 333 g/mol. The highest BCUT2D eigenvalue weighted by atomic mass is 32.2. The van der Waals surface area contributed by atoms with Gasteiger partial charge in [-0.1, -0.05) is 34.6 Å². The third kappa shape index (κ3) is 3.71. The summed E-state index contributed by atoms with van der Waals surface area (Å²) < 4.78 is 31.0. The molecule has 2 aliphatic rings. The molecule has 2 rings (SSSR count). The third-order valence-electron chi connectivity index (χ3n) is 5.91. The van der Waals surface area contributed by atoms with Gasteiger partial charge in [-0.15, -0.1) is 0 Å². The minimum absolute atomic E-state index is 0.0152. The Morgan fingerprint density at radius 3 is 1.91 bits per heavy atom. The first-order chi connectivity index (χ1) is 10.0. The summed E-state index contributed by atoms with van der Waals surface area (Å²) in [6.45, 7) is 14.0. The zero-order chi connectivity index (χ0) is 17.2. The molecule has 0 heterocycles. The van der Waals surface area contributed by atoms with Gasteiger partial charge in [-0.3, -0.25) is 9.35 Å². The van der Waals surface area contributed by atoms with Gasteiger partial charge in [0.2, 0.25) is 0 Å². The van der Waals surface area contributed by atoms with Gasteiger partial charge in [0.05, 0.1) is 11.2 Å². The molecule has 2 atom stereocenters. The van der Waals surface area contributed by atoms with E-state index in [1.54, 1.807) is 0 Å². The van der Waals surface area contributed by atoms with Crippen molar-refractivity contribution < 1.29 is 17.8 Å². The van der Waals surface area contributed by atoms with Crippen LogP contribution in [-0.2, 0) is 14.9 Å². The molecular formula is C16H31NO4S. The second-order valence-electron chi connectivity index (χ2n) is 7.01. The summed E-state index contributed by atoms with van der Waals surface area (Å²) in [5.74, 6) is -0.101. The summed E-state index contributed by atoms with van der Waals surface area (Å²) in [5, 5.41) is 0. The smallest absolute Gasteiger partial charge is 0.265 e. The molecular weight excluding hydrogens is 302 g/mol. The van der Waals surface area contributed by atoms with Crippen LogP contribution in [0.4, 0.5) is 0 Å². The summed E-state index contributed by atoms with van der Waals surface area (Å²) >= 11 is 0. The Labute approximate surface area is 135 Å².